The predicted molar refractivity (Wildman–Crippen MR) is 84.3 cm³/mol. The maximum absolute atomic E-state index is 12.2. The molecule has 2 rings (SSSR count). The second-order valence-electron chi connectivity index (χ2n) is 6.03. The molecule has 0 saturated carbocycles. The standard InChI is InChI=1S/C15H19BrN2O3/c1-15(2,3)21-14(20)18-12-6-4-9-8-10(16)5-7-11(9)17-13(12)19/h5,7-8,12H,4,6H2,1-3H3,(H,17,19)(H,18,20)/t12-/m1/s1. The molecule has 2 amide bonds. The van der Waals surface area contributed by atoms with Crippen molar-refractivity contribution >= 4 is 33.6 Å². The second kappa shape index (κ2) is 6.05. The summed E-state index contributed by atoms with van der Waals surface area (Å²) in [5, 5.41) is 5.47. The molecule has 0 bridgehead atoms. The highest BCUT2D eigenvalue weighted by Gasteiger charge is 2.27. The number of aryl methyl sites for hydroxylation is 1. The first-order valence-corrected chi connectivity index (χ1v) is 7.63. The lowest BCUT2D eigenvalue weighted by Crippen LogP contribution is -2.45. The molecule has 0 radical (unpaired) electrons. The predicted octanol–water partition coefficient (Wildman–Crippen LogP) is 3.23. The summed E-state index contributed by atoms with van der Waals surface area (Å²) in [6.07, 6.45) is 0.664. The van der Waals surface area contributed by atoms with Gasteiger partial charge in [0.25, 0.3) is 0 Å². The summed E-state index contributed by atoms with van der Waals surface area (Å²) < 4.78 is 6.15. The Bertz CT molecular complexity index is 567. The number of hydrogen-bond donors (Lipinski definition) is 2. The molecule has 1 aliphatic heterocycles. The largest absolute Gasteiger partial charge is 0.444 e. The van der Waals surface area contributed by atoms with Crippen LogP contribution in [-0.4, -0.2) is 23.6 Å². The van der Waals surface area contributed by atoms with Gasteiger partial charge < -0.3 is 15.4 Å². The van der Waals surface area contributed by atoms with Crippen molar-refractivity contribution in [2.24, 2.45) is 0 Å². The molecular formula is C15H19BrN2O3. The van der Waals surface area contributed by atoms with Crippen LogP contribution in [0.15, 0.2) is 22.7 Å². The van der Waals surface area contributed by atoms with Gasteiger partial charge in [0, 0.05) is 10.2 Å². The highest BCUT2D eigenvalue weighted by Crippen LogP contribution is 2.25. The number of hydrogen-bond acceptors (Lipinski definition) is 3. The van der Waals surface area contributed by atoms with Crippen LogP contribution in [-0.2, 0) is 16.0 Å². The number of halogens is 1. The fourth-order valence-electron chi connectivity index (χ4n) is 2.13. The van der Waals surface area contributed by atoms with Gasteiger partial charge in [-0.05, 0) is 57.4 Å². The van der Waals surface area contributed by atoms with E-state index in [1.165, 1.54) is 0 Å². The molecular weight excluding hydrogens is 336 g/mol. The third-order valence-electron chi connectivity index (χ3n) is 3.03. The number of benzene rings is 1. The Morgan fingerprint density at radius 2 is 2.14 bits per heavy atom. The summed E-state index contributed by atoms with van der Waals surface area (Å²) in [5.74, 6) is -0.220. The van der Waals surface area contributed by atoms with Crippen molar-refractivity contribution in [2.75, 3.05) is 5.32 Å². The summed E-state index contributed by atoms with van der Waals surface area (Å²) in [4.78, 5) is 24.0. The van der Waals surface area contributed by atoms with Gasteiger partial charge >= 0.3 is 6.09 Å². The Kier molecular flexibility index (Phi) is 4.56. The van der Waals surface area contributed by atoms with Crippen molar-refractivity contribution in [3.63, 3.8) is 0 Å². The number of rotatable bonds is 1. The fraction of sp³-hybridized carbons (Fsp3) is 0.467. The Morgan fingerprint density at radius 1 is 1.43 bits per heavy atom. The molecule has 114 valence electrons. The second-order valence-corrected chi connectivity index (χ2v) is 6.94. The van der Waals surface area contributed by atoms with Crippen LogP contribution in [0.5, 0.6) is 0 Å². The molecule has 1 heterocycles. The zero-order valence-electron chi connectivity index (χ0n) is 12.3. The van der Waals surface area contributed by atoms with Crippen LogP contribution in [0, 0.1) is 0 Å². The van der Waals surface area contributed by atoms with E-state index in [0.717, 1.165) is 15.7 Å². The molecule has 0 spiro atoms. The van der Waals surface area contributed by atoms with E-state index < -0.39 is 17.7 Å². The SMILES string of the molecule is CC(C)(C)OC(=O)N[C@@H]1CCc2cc(Br)ccc2NC1=O. The van der Waals surface area contributed by atoms with Gasteiger partial charge in [0.1, 0.15) is 11.6 Å². The zero-order chi connectivity index (χ0) is 15.6. The maximum Gasteiger partial charge on any atom is 0.408 e. The molecule has 1 atom stereocenters. The van der Waals surface area contributed by atoms with Crippen LogP contribution >= 0.6 is 15.9 Å². The number of fused-ring (bicyclic) bond motifs is 1. The fourth-order valence-corrected chi connectivity index (χ4v) is 2.54. The van der Waals surface area contributed by atoms with Crippen molar-refractivity contribution in [1.29, 1.82) is 0 Å². The summed E-state index contributed by atoms with van der Waals surface area (Å²) in [7, 11) is 0. The van der Waals surface area contributed by atoms with E-state index in [1.54, 1.807) is 20.8 Å². The number of anilines is 1. The number of nitrogens with one attached hydrogen (secondary N) is 2. The number of alkyl carbamates (subject to hydrolysis) is 1. The molecule has 5 nitrogen and oxygen atoms in total. The Balaban J connectivity index is 2.05. The summed E-state index contributed by atoms with van der Waals surface area (Å²) >= 11 is 3.42. The third-order valence-corrected chi connectivity index (χ3v) is 3.53. The highest BCUT2D eigenvalue weighted by atomic mass is 79.9. The van der Waals surface area contributed by atoms with Gasteiger partial charge in [0.15, 0.2) is 0 Å². The third kappa shape index (κ3) is 4.46. The van der Waals surface area contributed by atoms with Crippen molar-refractivity contribution < 1.29 is 14.3 Å². The lowest BCUT2D eigenvalue weighted by molar-refractivity contribution is -0.118. The Labute approximate surface area is 132 Å². The Morgan fingerprint density at radius 3 is 2.81 bits per heavy atom. The number of carbonyl (C=O) groups is 2. The van der Waals surface area contributed by atoms with E-state index in [2.05, 4.69) is 26.6 Å². The van der Waals surface area contributed by atoms with Crippen LogP contribution in [0.4, 0.5) is 10.5 Å². The van der Waals surface area contributed by atoms with Crippen molar-refractivity contribution in [3.05, 3.63) is 28.2 Å². The molecule has 1 aromatic rings. The molecule has 0 aromatic heterocycles. The van der Waals surface area contributed by atoms with Crippen molar-refractivity contribution in [1.82, 2.24) is 5.32 Å². The van der Waals surface area contributed by atoms with E-state index >= 15 is 0 Å². The smallest absolute Gasteiger partial charge is 0.408 e. The molecule has 1 aromatic carbocycles. The average Bonchev–Trinajstić information content (AvgIpc) is 2.48. The minimum Gasteiger partial charge on any atom is -0.444 e. The topological polar surface area (TPSA) is 67.4 Å². The molecule has 1 aliphatic rings. The van der Waals surface area contributed by atoms with Crippen LogP contribution < -0.4 is 10.6 Å². The molecule has 21 heavy (non-hydrogen) atoms. The molecule has 0 fully saturated rings. The van der Waals surface area contributed by atoms with Crippen molar-refractivity contribution in [2.45, 2.75) is 45.3 Å². The molecule has 0 unspecified atom stereocenters. The number of carbonyl (C=O) groups excluding carboxylic acids is 2. The molecule has 6 heteroatoms. The van der Waals surface area contributed by atoms with Gasteiger partial charge in [-0.2, -0.15) is 0 Å². The Hall–Kier alpha value is -1.56. The first-order chi connectivity index (χ1) is 9.74. The average molecular weight is 355 g/mol. The van der Waals surface area contributed by atoms with Gasteiger partial charge in [0.05, 0.1) is 0 Å². The monoisotopic (exact) mass is 354 g/mol. The molecule has 0 aliphatic carbocycles. The lowest BCUT2D eigenvalue weighted by Gasteiger charge is -2.22. The van der Waals surface area contributed by atoms with Crippen LogP contribution in [0.25, 0.3) is 0 Å². The van der Waals surface area contributed by atoms with Crippen LogP contribution in [0.3, 0.4) is 0 Å². The quantitative estimate of drug-likeness (QED) is 0.813. The van der Waals surface area contributed by atoms with Crippen molar-refractivity contribution in [3.8, 4) is 0 Å². The summed E-state index contributed by atoms with van der Waals surface area (Å²) in [5.41, 5.74) is 1.25. The van der Waals surface area contributed by atoms with Gasteiger partial charge in [-0.3, -0.25) is 4.79 Å². The lowest BCUT2D eigenvalue weighted by atomic mass is 10.1. The number of amides is 2. The minimum absolute atomic E-state index is 0.220. The first kappa shape index (κ1) is 15.8. The van der Waals surface area contributed by atoms with E-state index in [0.29, 0.717) is 12.8 Å². The maximum atomic E-state index is 12.2. The number of ether oxygens (including phenoxy) is 1. The van der Waals surface area contributed by atoms with E-state index in [-0.39, 0.29) is 5.91 Å². The molecule has 0 saturated heterocycles. The zero-order valence-corrected chi connectivity index (χ0v) is 13.9. The van der Waals surface area contributed by atoms with Gasteiger partial charge in [0.2, 0.25) is 5.91 Å². The summed E-state index contributed by atoms with van der Waals surface area (Å²) in [6, 6.07) is 5.12. The van der Waals surface area contributed by atoms with Gasteiger partial charge in [-0.15, -0.1) is 0 Å². The summed E-state index contributed by atoms with van der Waals surface area (Å²) in [6.45, 7) is 5.35. The molecule has 2 N–H and O–H groups in total. The van der Waals surface area contributed by atoms with Crippen LogP contribution in [0.1, 0.15) is 32.8 Å². The van der Waals surface area contributed by atoms with Gasteiger partial charge in [-0.25, -0.2) is 4.79 Å². The van der Waals surface area contributed by atoms with Crippen LogP contribution in [0.2, 0.25) is 0 Å². The van der Waals surface area contributed by atoms with E-state index in [1.807, 2.05) is 18.2 Å². The highest BCUT2D eigenvalue weighted by molar-refractivity contribution is 9.10. The van der Waals surface area contributed by atoms with E-state index in [4.69, 9.17) is 4.74 Å². The first-order valence-electron chi connectivity index (χ1n) is 6.83. The minimum atomic E-state index is -0.592. The van der Waals surface area contributed by atoms with E-state index in [9.17, 15) is 9.59 Å². The van der Waals surface area contributed by atoms with Gasteiger partial charge in [-0.1, -0.05) is 15.9 Å². The normalized spacial score (nSPS) is 18.3.